The van der Waals surface area contributed by atoms with Gasteiger partial charge in [-0.05, 0) is 43.0 Å². The van der Waals surface area contributed by atoms with Crippen LogP contribution in [0.1, 0.15) is 57.4 Å². The number of thiophene rings is 1. The van der Waals surface area contributed by atoms with Gasteiger partial charge in [0, 0.05) is 17.0 Å². The first kappa shape index (κ1) is 13.1. The van der Waals surface area contributed by atoms with Crippen molar-refractivity contribution in [3.05, 3.63) is 22.4 Å². The molecule has 3 atom stereocenters. The minimum absolute atomic E-state index is 0.513. The molecule has 1 aromatic heterocycles. The van der Waals surface area contributed by atoms with Crippen molar-refractivity contribution in [1.29, 1.82) is 0 Å². The maximum atomic E-state index is 3.86. The van der Waals surface area contributed by atoms with E-state index in [-0.39, 0.29) is 0 Å². The average Bonchev–Trinajstić information content (AvgIpc) is 2.83. The highest BCUT2D eigenvalue weighted by molar-refractivity contribution is 7.10. The van der Waals surface area contributed by atoms with Crippen LogP contribution in [0.4, 0.5) is 0 Å². The summed E-state index contributed by atoms with van der Waals surface area (Å²) in [5, 5.41) is 6.04. The van der Waals surface area contributed by atoms with E-state index in [0.717, 1.165) is 17.9 Å². The minimum Gasteiger partial charge on any atom is -0.306 e. The normalized spacial score (nSPS) is 27.3. The van der Waals surface area contributed by atoms with Gasteiger partial charge in [-0.15, -0.1) is 11.3 Å². The molecule has 1 aromatic rings. The fraction of sp³-hybridized carbons (Fsp3) is 0.733. The lowest BCUT2D eigenvalue weighted by Crippen LogP contribution is -2.41. The Morgan fingerprint density at radius 3 is 2.65 bits per heavy atom. The van der Waals surface area contributed by atoms with Crippen LogP contribution in [0.5, 0.6) is 0 Å². The smallest absolute Gasteiger partial charge is 0.0388 e. The van der Waals surface area contributed by atoms with Gasteiger partial charge in [0.2, 0.25) is 0 Å². The molecule has 0 saturated heterocycles. The van der Waals surface area contributed by atoms with Crippen molar-refractivity contribution in [1.82, 2.24) is 5.32 Å². The second kappa shape index (κ2) is 6.01. The predicted octanol–water partition coefficient (Wildman–Crippen LogP) is 4.61. The molecule has 1 nitrogen and oxygen atoms in total. The summed E-state index contributed by atoms with van der Waals surface area (Å²) in [6.07, 6.45) is 5.59. The highest BCUT2D eigenvalue weighted by Gasteiger charge is 2.28. The lowest BCUT2D eigenvalue weighted by atomic mass is 9.77. The molecule has 0 radical (unpaired) electrons. The number of nitrogens with one attached hydrogen (secondary N) is 1. The van der Waals surface area contributed by atoms with Crippen molar-refractivity contribution >= 4 is 11.3 Å². The molecule has 1 aliphatic carbocycles. The molecule has 1 aliphatic rings. The van der Waals surface area contributed by atoms with Gasteiger partial charge in [0.15, 0.2) is 0 Å². The molecule has 0 aliphatic heterocycles. The molecule has 2 rings (SSSR count). The Morgan fingerprint density at radius 1 is 1.24 bits per heavy atom. The van der Waals surface area contributed by atoms with E-state index in [1.165, 1.54) is 30.6 Å². The summed E-state index contributed by atoms with van der Waals surface area (Å²) >= 11 is 1.87. The van der Waals surface area contributed by atoms with Gasteiger partial charge in [-0.1, -0.05) is 32.8 Å². The van der Waals surface area contributed by atoms with Gasteiger partial charge < -0.3 is 5.32 Å². The molecule has 96 valence electrons. The molecule has 2 unspecified atom stereocenters. The zero-order chi connectivity index (χ0) is 12.3. The summed E-state index contributed by atoms with van der Waals surface area (Å²) in [5.74, 6) is 1.68. The van der Waals surface area contributed by atoms with E-state index in [4.69, 9.17) is 0 Å². The Kier molecular flexibility index (Phi) is 4.63. The molecule has 0 spiro atoms. The van der Waals surface area contributed by atoms with E-state index >= 15 is 0 Å². The summed E-state index contributed by atoms with van der Waals surface area (Å²) in [6, 6.07) is 5.63. The van der Waals surface area contributed by atoms with Gasteiger partial charge in [0.1, 0.15) is 0 Å². The van der Waals surface area contributed by atoms with Crippen LogP contribution in [-0.2, 0) is 0 Å². The molecule has 2 heteroatoms. The van der Waals surface area contributed by atoms with Gasteiger partial charge in [-0.25, -0.2) is 0 Å². The van der Waals surface area contributed by atoms with Crippen molar-refractivity contribution in [3.8, 4) is 0 Å². The van der Waals surface area contributed by atoms with Crippen LogP contribution in [0.15, 0.2) is 17.5 Å². The number of rotatable bonds is 4. The average molecular weight is 251 g/mol. The third-order valence-corrected chi connectivity index (χ3v) is 5.16. The van der Waals surface area contributed by atoms with E-state index in [2.05, 4.69) is 43.6 Å². The first-order chi connectivity index (χ1) is 8.18. The van der Waals surface area contributed by atoms with Crippen molar-refractivity contribution < 1.29 is 0 Å². The van der Waals surface area contributed by atoms with E-state index in [9.17, 15) is 0 Å². The van der Waals surface area contributed by atoms with Gasteiger partial charge >= 0.3 is 0 Å². The molecule has 0 bridgehead atoms. The Hall–Kier alpha value is -0.340. The zero-order valence-electron chi connectivity index (χ0n) is 11.3. The number of hydrogen-bond acceptors (Lipinski definition) is 2. The summed E-state index contributed by atoms with van der Waals surface area (Å²) in [4.78, 5) is 1.47. The largest absolute Gasteiger partial charge is 0.306 e. The Bertz CT molecular complexity index is 318. The van der Waals surface area contributed by atoms with Crippen LogP contribution >= 0.6 is 11.3 Å². The molecule has 1 fully saturated rings. The first-order valence-electron chi connectivity index (χ1n) is 6.98. The maximum Gasteiger partial charge on any atom is 0.0388 e. The van der Waals surface area contributed by atoms with Crippen molar-refractivity contribution in [2.24, 2.45) is 11.8 Å². The lowest BCUT2D eigenvalue weighted by Gasteiger charge is -2.36. The van der Waals surface area contributed by atoms with E-state index in [0.29, 0.717) is 6.04 Å². The highest BCUT2D eigenvalue weighted by atomic mass is 32.1. The van der Waals surface area contributed by atoms with E-state index < -0.39 is 0 Å². The maximum absolute atomic E-state index is 3.86. The van der Waals surface area contributed by atoms with Crippen LogP contribution in [0.2, 0.25) is 0 Å². The second-order valence-corrected chi connectivity index (χ2v) is 6.68. The molecule has 17 heavy (non-hydrogen) atoms. The van der Waals surface area contributed by atoms with Crippen molar-refractivity contribution in [2.45, 2.75) is 58.5 Å². The molecule has 0 amide bonds. The molecule has 0 aromatic carbocycles. The first-order valence-corrected chi connectivity index (χ1v) is 7.86. The minimum atomic E-state index is 0.513. The summed E-state index contributed by atoms with van der Waals surface area (Å²) in [5.41, 5.74) is 0. The molecular weight excluding hydrogens is 226 g/mol. The standard InChI is InChI=1S/C15H25NS/c1-11(2)13-7-4-5-8-14(13)16-12(3)15-9-6-10-17-15/h6,9-14,16H,4-5,7-8H2,1-3H3/t12-,13?,14?/m1/s1. The fourth-order valence-electron chi connectivity index (χ4n) is 3.11. The van der Waals surface area contributed by atoms with Crippen LogP contribution in [0.25, 0.3) is 0 Å². The SMILES string of the molecule is CC(C)C1CCCCC1N[C@H](C)c1cccs1. The predicted molar refractivity (Wildman–Crippen MR) is 76.5 cm³/mol. The highest BCUT2D eigenvalue weighted by Crippen LogP contribution is 2.32. The topological polar surface area (TPSA) is 12.0 Å². The summed E-state index contributed by atoms with van der Waals surface area (Å²) < 4.78 is 0. The van der Waals surface area contributed by atoms with E-state index in [1.807, 2.05) is 11.3 Å². The molecule has 1 saturated carbocycles. The van der Waals surface area contributed by atoms with Crippen LogP contribution in [-0.4, -0.2) is 6.04 Å². The van der Waals surface area contributed by atoms with Gasteiger partial charge in [-0.3, -0.25) is 0 Å². The van der Waals surface area contributed by atoms with Crippen molar-refractivity contribution in [2.75, 3.05) is 0 Å². The summed E-state index contributed by atoms with van der Waals surface area (Å²) in [6.45, 7) is 7.05. The Labute approximate surface area is 110 Å². The van der Waals surface area contributed by atoms with Crippen LogP contribution in [0, 0.1) is 11.8 Å². The molecule has 1 N–H and O–H groups in total. The van der Waals surface area contributed by atoms with Crippen LogP contribution in [0.3, 0.4) is 0 Å². The zero-order valence-corrected chi connectivity index (χ0v) is 12.1. The van der Waals surface area contributed by atoms with Gasteiger partial charge in [-0.2, -0.15) is 0 Å². The van der Waals surface area contributed by atoms with E-state index in [1.54, 1.807) is 0 Å². The van der Waals surface area contributed by atoms with Gasteiger partial charge in [0.05, 0.1) is 0 Å². The Morgan fingerprint density at radius 2 is 2.00 bits per heavy atom. The van der Waals surface area contributed by atoms with Gasteiger partial charge in [0.25, 0.3) is 0 Å². The Balaban J connectivity index is 1.96. The summed E-state index contributed by atoms with van der Waals surface area (Å²) in [7, 11) is 0. The third-order valence-electron chi connectivity index (χ3n) is 4.11. The van der Waals surface area contributed by atoms with Crippen molar-refractivity contribution in [3.63, 3.8) is 0 Å². The quantitative estimate of drug-likeness (QED) is 0.823. The molecule has 1 heterocycles. The molecular formula is C15H25NS. The van der Waals surface area contributed by atoms with Crippen LogP contribution < -0.4 is 5.32 Å². The third kappa shape index (κ3) is 3.32. The number of hydrogen-bond donors (Lipinski definition) is 1. The monoisotopic (exact) mass is 251 g/mol. The fourth-order valence-corrected chi connectivity index (χ4v) is 3.85. The lowest BCUT2D eigenvalue weighted by molar-refractivity contribution is 0.195. The second-order valence-electron chi connectivity index (χ2n) is 5.70.